The van der Waals surface area contributed by atoms with E-state index < -0.39 is 0 Å². The Kier molecular flexibility index (Phi) is 40.6. The van der Waals surface area contributed by atoms with Crippen LogP contribution in [-0.4, -0.2) is 50.1 Å². The Labute approximate surface area is 564 Å². The van der Waals surface area contributed by atoms with Gasteiger partial charge in [0.05, 0.1) is 23.5 Å². The quantitative estimate of drug-likeness (QED) is 0.0280. The molecule has 0 aliphatic carbocycles. The second-order valence-electron chi connectivity index (χ2n) is 17.0. The number of hydrogen-bond acceptors (Lipinski definition) is 12. The van der Waals surface area contributed by atoms with Crippen molar-refractivity contribution in [2.75, 3.05) is 16.8 Å². The van der Waals surface area contributed by atoms with Crippen LogP contribution < -0.4 is 16.8 Å². The number of aromatic hydroxyl groups is 3. The molecule has 0 bridgehead atoms. The largest absolute Gasteiger partial charge is 0.665 e. The van der Waals surface area contributed by atoms with Crippen molar-refractivity contribution in [3.63, 3.8) is 0 Å². The van der Waals surface area contributed by atoms with Crippen LogP contribution in [0.15, 0.2) is 8.83 Å². The molecule has 7 rings (SSSR count). The van der Waals surface area contributed by atoms with Gasteiger partial charge in [0.2, 0.25) is 0 Å². The van der Waals surface area contributed by atoms with Crippen molar-refractivity contribution in [2.45, 2.75) is 138 Å². The van der Waals surface area contributed by atoms with E-state index >= 15 is 0 Å². The normalized spacial score (nSPS) is 9.35. The van der Waals surface area contributed by atoms with Gasteiger partial charge in [0.25, 0.3) is 0 Å². The van der Waals surface area contributed by atoms with Gasteiger partial charge in [-0.2, -0.15) is 0 Å². The molecule has 0 spiro atoms. The minimum absolute atomic E-state index is 0. The van der Waals surface area contributed by atoms with Crippen molar-refractivity contribution >= 4 is 58.9 Å². The smallest absolute Gasteiger partial charge is 0.141 e. The van der Waals surface area contributed by atoms with Gasteiger partial charge in [-0.05, 0) is 209 Å². The van der Waals surface area contributed by atoms with Gasteiger partial charge in [-0.15, -0.1) is 5.56 Å². The zero-order valence-electron chi connectivity index (χ0n) is 46.8. The molecular weight excluding hydrogens is 1320 g/mol. The maximum Gasteiger partial charge on any atom is 0.141 e. The first-order chi connectivity index (χ1) is 32.1. The molecule has 5 radical (unpaired) electrons. The van der Waals surface area contributed by atoms with E-state index in [-0.39, 0.29) is 181 Å². The molecule has 0 saturated carbocycles. The summed E-state index contributed by atoms with van der Waals surface area (Å²) in [5.74, 6) is 0.597. The van der Waals surface area contributed by atoms with Crippen LogP contribution in [0.3, 0.4) is 0 Å². The first-order valence-corrected chi connectivity index (χ1v) is 21.8. The van der Waals surface area contributed by atoms with Gasteiger partial charge < -0.3 is 70.4 Å². The molecule has 0 unspecified atom stereocenters. The number of nitrogens with one attached hydrogen (secondary N) is 1. The van der Waals surface area contributed by atoms with Gasteiger partial charge in [0, 0.05) is 164 Å². The Morgan fingerprint density at radius 2 is 0.635 bits per heavy atom. The van der Waals surface area contributed by atoms with E-state index in [4.69, 9.17) is 35.0 Å². The van der Waals surface area contributed by atoms with Crippen LogP contribution in [0, 0.1) is 151 Å². The molecule has 0 aliphatic rings. The average molecular weight is 1390 g/mol. The van der Waals surface area contributed by atoms with Crippen molar-refractivity contribution in [3.8, 4) is 17.2 Å². The van der Waals surface area contributed by atoms with Gasteiger partial charge >= 0.3 is 0 Å². The average Bonchev–Trinajstić information content (AvgIpc) is 4.06. The van der Waals surface area contributed by atoms with Gasteiger partial charge in [-0.3, -0.25) is 6.79 Å². The number of hydrogen-bond donors (Lipinski definition) is 7. The van der Waals surface area contributed by atoms with E-state index in [2.05, 4.69) is 90.3 Å². The van der Waals surface area contributed by atoms with Gasteiger partial charge in [0.1, 0.15) is 24.3 Å². The molecule has 1 amide bonds. The third kappa shape index (κ3) is 18.9. The molecule has 0 fully saturated rings. The van der Waals surface area contributed by atoms with Crippen LogP contribution in [0.25, 0.3) is 22.2 Å². The van der Waals surface area contributed by atoms with Crippen LogP contribution in [0.4, 0.5) is 17.1 Å². The standard InChI is InChI=1S/C11H14NO2.2C11H12NO.2C10H15NO.CHO2.CHO.5Y/c1-6-7(2)9(4)11(14)10(8(6)3)12-5-13;2*1-6-7(2)9(4)11-10(8(6)3)12-5-13-11;2*1-5-6(2)8(4)10(12)9(11)7(5)3;2-1-3;1-2;;;;;/h14H,1-4H3,(H,12,13);2*1-4H3;2*12H,11H2,1-4H3;(H,2,3);1H;;;;;/q3*-1;;;2*-1;;;;;. The first kappa shape index (κ1) is 81.0. The third-order valence-electron chi connectivity index (χ3n) is 14.0. The van der Waals surface area contributed by atoms with E-state index in [1.165, 1.54) is 55.6 Å². The summed E-state index contributed by atoms with van der Waals surface area (Å²) in [6.07, 6.45) is 6.68. The number of anilines is 3. The van der Waals surface area contributed by atoms with Crippen molar-refractivity contribution in [1.82, 2.24) is 9.97 Å². The Morgan fingerprint density at radius 1 is 0.405 bits per heavy atom. The fraction of sp³-hybridized carbons (Fsp3) is 0.364. The number of oxazole rings is 2. The molecule has 0 aliphatic heterocycles. The number of phenolic OH excluding ortho intramolecular Hbond substituents is 3. The summed E-state index contributed by atoms with van der Waals surface area (Å²) >= 11 is 0. The fourth-order valence-corrected chi connectivity index (χ4v) is 7.40. The Hall–Kier alpha value is -1.83. The summed E-state index contributed by atoms with van der Waals surface area (Å²) in [5, 5.41) is 38.1. The monoisotopic (exact) mass is 1390 g/mol. The number of phenols is 3. The molecular formula is C55H70N5O9Y5-5. The topological polar surface area (TPSA) is 248 Å². The molecule has 7 aromatic rings. The van der Waals surface area contributed by atoms with Crippen LogP contribution in [0.5, 0.6) is 17.2 Å². The predicted molar refractivity (Wildman–Crippen MR) is 278 cm³/mol. The van der Waals surface area contributed by atoms with E-state index in [1.54, 1.807) is 6.41 Å². The predicted octanol–water partition coefficient (Wildman–Crippen LogP) is 11.6. The van der Waals surface area contributed by atoms with Crippen molar-refractivity contribution < 1.29 is 207 Å². The van der Waals surface area contributed by atoms with Crippen LogP contribution in [-0.2, 0) is 178 Å². The van der Waals surface area contributed by atoms with Gasteiger partial charge in [-0.25, -0.2) is 0 Å². The molecule has 9 N–H and O–H groups in total. The molecule has 74 heavy (non-hydrogen) atoms. The summed E-state index contributed by atoms with van der Waals surface area (Å²) in [4.78, 5) is 34.4. The summed E-state index contributed by atoms with van der Waals surface area (Å²) in [6, 6.07) is 0. The number of amides is 1. The van der Waals surface area contributed by atoms with Crippen LogP contribution in [0.1, 0.15) is 111 Å². The van der Waals surface area contributed by atoms with Crippen LogP contribution >= 0.6 is 0 Å². The number of aromatic nitrogens is 2. The number of fused-ring (bicyclic) bond motifs is 2. The van der Waals surface area contributed by atoms with Crippen molar-refractivity contribution in [1.29, 1.82) is 0 Å². The maximum atomic E-state index is 10.2. The molecule has 19 heteroatoms. The molecule has 0 saturated heterocycles. The summed E-state index contributed by atoms with van der Waals surface area (Å²) in [5.41, 5.74) is 38.6. The molecule has 14 nitrogen and oxygen atoms in total. The zero-order chi connectivity index (χ0) is 53.7. The molecule has 0 atom stereocenters. The first-order valence-electron chi connectivity index (χ1n) is 21.8. The SMILES string of the molecule is Cc1c(C)c(C)c(N[C-]=O)c(O)c1C.Cc1c(C)c(C)c(O)c(N)c1C.Cc1c(C)c(C)c(O)c(N)c1C.Cc1c(C)c(C)c2o[c-]nc2c1C.Cc1c(C)c(C)c2o[c-]nc2c1C.O=[C-]O.[CH-]=O.[Y].[Y].[Y].[Y].[Y]. The minimum atomic E-state index is 0. The number of aryl methyl sites for hydroxylation is 4. The number of carbonyl (C=O) groups excluding carboxylic acids is 2. The molecule has 2 aromatic heterocycles. The number of nitrogens with two attached hydrogens (primary N) is 2. The van der Waals surface area contributed by atoms with E-state index in [1.807, 2.05) is 83.1 Å². The van der Waals surface area contributed by atoms with Crippen molar-refractivity contribution in [2.24, 2.45) is 0 Å². The van der Waals surface area contributed by atoms with Gasteiger partial charge in [-0.1, -0.05) is 69.2 Å². The summed E-state index contributed by atoms with van der Waals surface area (Å²) in [7, 11) is 0. The Morgan fingerprint density at radius 3 is 0.919 bits per heavy atom. The molecule has 389 valence electrons. The number of benzene rings is 5. The Balaban J connectivity index is -0.000000258. The number of nitrogens with zero attached hydrogens (tertiary/aromatic N) is 2. The van der Waals surface area contributed by atoms with E-state index in [9.17, 15) is 20.1 Å². The molecule has 5 aromatic carbocycles. The third-order valence-corrected chi connectivity index (χ3v) is 14.0. The summed E-state index contributed by atoms with van der Waals surface area (Å²) < 4.78 is 10.5. The minimum Gasteiger partial charge on any atom is -0.665 e. The number of nitrogen functional groups attached to an aromatic ring is 2. The second-order valence-corrected chi connectivity index (χ2v) is 17.0. The van der Waals surface area contributed by atoms with E-state index in [0.29, 0.717) is 23.5 Å². The van der Waals surface area contributed by atoms with Gasteiger partial charge in [0.15, 0.2) is 0 Å². The van der Waals surface area contributed by atoms with E-state index in [0.717, 1.165) is 77.8 Å². The number of aliphatic hydroxyl groups excluding tert-OH is 1. The maximum absolute atomic E-state index is 10.2. The summed E-state index contributed by atoms with van der Waals surface area (Å²) in [6.45, 7) is 43.7. The fourth-order valence-electron chi connectivity index (χ4n) is 7.40. The number of rotatable bonds is 2. The second kappa shape index (κ2) is 37.1. The van der Waals surface area contributed by atoms with Crippen LogP contribution in [0.2, 0.25) is 0 Å². The van der Waals surface area contributed by atoms with Crippen molar-refractivity contribution in [3.05, 3.63) is 124 Å². The zero-order valence-corrected chi connectivity index (χ0v) is 61.0. The molecule has 2 heterocycles. The Bertz CT molecular complexity index is 2510.